The van der Waals surface area contributed by atoms with Crippen LogP contribution in [0.5, 0.6) is 11.5 Å². The Labute approximate surface area is 121 Å². The summed E-state index contributed by atoms with van der Waals surface area (Å²) in [6.07, 6.45) is 0. The first-order valence-corrected chi connectivity index (χ1v) is 7.72. The summed E-state index contributed by atoms with van der Waals surface area (Å²) >= 11 is 0. The van der Waals surface area contributed by atoms with E-state index in [1.54, 1.807) is 31.3 Å². The SMILES string of the molecule is CNCc1ccc(S(=O)(=O)Nc2ccc3c(c2)OCO3)o1. The lowest BCUT2D eigenvalue weighted by atomic mass is 10.3. The fourth-order valence-electron chi connectivity index (χ4n) is 1.94. The number of sulfonamides is 1. The monoisotopic (exact) mass is 310 g/mol. The third kappa shape index (κ3) is 2.81. The number of hydrogen-bond donors (Lipinski definition) is 2. The van der Waals surface area contributed by atoms with Gasteiger partial charge in [0.15, 0.2) is 11.5 Å². The summed E-state index contributed by atoms with van der Waals surface area (Å²) in [5.41, 5.74) is 0.380. The third-order valence-electron chi connectivity index (χ3n) is 2.88. The van der Waals surface area contributed by atoms with Gasteiger partial charge in [-0.15, -0.1) is 0 Å². The molecule has 7 nitrogen and oxygen atoms in total. The van der Waals surface area contributed by atoms with Crippen LogP contribution in [0.4, 0.5) is 5.69 Å². The highest BCUT2D eigenvalue weighted by molar-refractivity contribution is 7.92. The van der Waals surface area contributed by atoms with Gasteiger partial charge in [0.2, 0.25) is 11.9 Å². The van der Waals surface area contributed by atoms with Crippen LogP contribution in [0.1, 0.15) is 5.76 Å². The number of furan rings is 1. The van der Waals surface area contributed by atoms with Gasteiger partial charge in [-0.25, -0.2) is 0 Å². The molecule has 0 radical (unpaired) electrons. The molecule has 0 bridgehead atoms. The molecule has 0 saturated carbocycles. The number of hydrogen-bond acceptors (Lipinski definition) is 6. The molecule has 1 aliphatic heterocycles. The maximum atomic E-state index is 12.2. The molecule has 1 aromatic carbocycles. The maximum absolute atomic E-state index is 12.2. The second-order valence-corrected chi connectivity index (χ2v) is 6.04. The van der Waals surface area contributed by atoms with E-state index in [0.717, 1.165) is 0 Å². The minimum atomic E-state index is -3.77. The van der Waals surface area contributed by atoms with Gasteiger partial charge < -0.3 is 19.2 Å². The standard InChI is InChI=1S/C13H14N2O5S/c1-14-7-10-3-5-13(20-10)21(16,17)15-9-2-4-11-12(6-9)19-8-18-11/h2-6,14-15H,7-8H2,1H3. The van der Waals surface area contributed by atoms with E-state index < -0.39 is 10.0 Å². The number of ether oxygens (including phenoxy) is 2. The highest BCUT2D eigenvalue weighted by atomic mass is 32.2. The van der Waals surface area contributed by atoms with Crippen molar-refractivity contribution in [2.45, 2.75) is 11.6 Å². The van der Waals surface area contributed by atoms with Crippen molar-refractivity contribution in [1.29, 1.82) is 0 Å². The summed E-state index contributed by atoms with van der Waals surface area (Å²) in [6, 6.07) is 7.85. The van der Waals surface area contributed by atoms with Gasteiger partial charge in [-0.2, -0.15) is 8.42 Å². The van der Waals surface area contributed by atoms with Gasteiger partial charge in [0.25, 0.3) is 10.0 Å². The van der Waals surface area contributed by atoms with Crippen LogP contribution in [0.2, 0.25) is 0 Å². The Morgan fingerprint density at radius 1 is 1.14 bits per heavy atom. The Morgan fingerprint density at radius 3 is 2.76 bits per heavy atom. The number of rotatable bonds is 5. The molecule has 3 rings (SSSR count). The van der Waals surface area contributed by atoms with E-state index in [-0.39, 0.29) is 11.9 Å². The minimum absolute atomic E-state index is 0.134. The first kappa shape index (κ1) is 13.8. The molecule has 1 aromatic heterocycles. The molecular weight excluding hydrogens is 296 g/mol. The van der Waals surface area contributed by atoms with E-state index in [1.165, 1.54) is 6.07 Å². The van der Waals surface area contributed by atoms with Gasteiger partial charge in [-0.1, -0.05) is 0 Å². The summed E-state index contributed by atoms with van der Waals surface area (Å²) in [5.74, 6) is 1.64. The molecule has 21 heavy (non-hydrogen) atoms. The van der Waals surface area contributed by atoms with Crippen LogP contribution in [-0.4, -0.2) is 22.3 Å². The van der Waals surface area contributed by atoms with Crippen molar-refractivity contribution in [2.24, 2.45) is 0 Å². The number of fused-ring (bicyclic) bond motifs is 1. The van der Waals surface area contributed by atoms with Gasteiger partial charge in [0.05, 0.1) is 12.2 Å². The lowest BCUT2D eigenvalue weighted by Crippen LogP contribution is -2.12. The Morgan fingerprint density at radius 2 is 1.95 bits per heavy atom. The van der Waals surface area contributed by atoms with Gasteiger partial charge in [0.1, 0.15) is 5.76 Å². The molecule has 2 heterocycles. The Kier molecular flexibility index (Phi) is 3.48. The van der Waals surface area contributed by atoms with Crippen LogP contribution in [0.25, 0.3) is 0 Å². The normalized spacial score (nSPS) is 13.4. The minimum Gasteiger partial charge on any atom is -0.454 e. The molecule has 2 N–H and O–H groups in total. The lowest BCUT2D eigenvalue weighted by molar-refractivity contribution is 0.174. The summed E-state index contributed by atoms with van der Waals surface area (Å²) in [7, 11) is -2.02. The van der Waals surface area contributed by atoms with E-state index in [1.807, 2.05) is 0 Å². The van der Waals surface area contributed by atoms with Crippen LogP contribution in [0.15, 0.2) is 39.8 Å². The van der Waals surface area contributed by atoms with Crippen molar-refractivity contribution < 1.29 is 22.3 Å². The first-order chi connectivity index (χ1) is 10.1. The molecule has 112 valence electrons. The summed E-state index contributed by atoms with van der Waals surface area (Å²) in [5, 5.41) is 2.75. The summed E-state index contributed by atoms with van der Waals surface area (Å²) in [4.78, 5) is 0. The molecule has 0 aliphatic carbocycles. The van der Waals surface area contributed by atoms with Crippen molar-refractivity contribution in [2.75, 3.05) is 18.6 Å². The van der Waals surface area contributed by atoms with E-state index >= 15 is 0 Å². The summed E-state index contributed by atoms with van der Waals surface area (Å²) < 4.78 is 42.6. The highest BCUT2D eigenvalue weighted by Gasteiger charge is 2.21. The largest absolute Gasteiger partial charge is 0.454 e. The van der Waals surface area contributed by atoms with Crippen LogP contribution >= 0.6 is 0 Å². The molecule has 0 atom stereocenters. The van der Waals surface area contributed by atoms with E-state index in [2.05, 4.69) is 10.0 Å². The van der Waals surface area contributed by atoms with Crippen LogP contribution in [-0.2, 0) is 16.6 Å². The fraction of sp³-hybridized carbons (Fsp3) is 0.231. The van der Waals surface area contributed by atoms with Crippen molar-refractivity contribution in [3.63, 3.8) is 0 Å². The predicted molar refractivity (Wildman–Crippen MR) is 74.8 cm³/mol. The van der Waals surface area contributed by atoms with Crippen molar-refractivity contribution in [1.82, 2.24) is 5.32 Å². The van der Waals surface area contributed by atoms with Gasteiger partial charge in [-0.05, 0) is 31.3 Å². The van der Waals surface area contributed by atoms with Gasteiger partial charge >= 0.3 is 0 Å². The second-order valence-electron chi connectivity index (χ2n) is 4.42. The Balaban J connectivity index is 1.82. The fourth-order valence-corrected chi connectivity index (χ4v) is 2.94. The zero-order chi connectivity index (χ0) is 14.9. The number of nitrogens with one attached hydrogen (secondary N) is 2. The Hall–Kier alpha value is -2.19. The van der Waals surface area contributed by atoms with Crippen LogP contribution < -0.4 is 19.5 Å². The molecule has 0 fully saturated rings. The van der Waals surface area contributed by atoms with Crippen molar-refractivity contribution in [3.05, 3.63) is 36.1 Å². The van der Waals surface area contributed by atoms with E-state index in [9.17, 15) is 8.42 Å². The average molecular weight is 310 g/mol. The van der Waals surface area contributed by atoms with Gasteiger partial charge in [-0.3, -0.25) is 4.72 Å². The van der Waals surface area contributed by atoms with Crippen molar-refractivity contribution >= 4 is 15.7 Å². The van der Waals surface area contributed by atoms with E-state index in [0.29, 0.717) is 29.5 Å². The lowest BCUT2D eigenvalue weighted by Gasteiger charge is -2.06. The van der Waals surface area contributed by atoms with Crippen LogP contribution in [0, 0.1) is 0 Å². The summed E-state index contributed by atoms with van der Waals surface area (Å²) in [6.45, 7) is 0.594. The molecule has 0 spiro atoms. The second kappa shape index (κ2) is 5.30. The molecular formula is C13H14N2O5S. The number of benzene rings is 1. The van der Waals surface area contributed by atoms with E-state index in [4.69, 9.17) is 13.9 Å². The topological polar surface area (TPSA) is 89.8 Å². The first-order valence-electron chi connectivity index (χ1n) is 6.24. The average Bonchev–Trinajstić information content (AvgIpc) is 3.07. The number of anilines is 1. The van der Waals surface area contributed by atoms with Crippen LogP contribution in [0.3, 0.4) is 0 Å². The molecule has 0 unspecified atom stereocenters. The third-order valence-corrected chi connectivity index (χ3v) is 4.13. The van der Waals surface area contributed by atoms with Crippen molar-refractivity contribution in [3.8, 4) is 11.5 Å². The molecule has 0 amide bonds. The molecule has 8 heteroatoms. The molecule has 2 aromatic rings. The molecule has 1 aliphatic rings. The quantitative estimate of drug-likeness (QED) is 0.870. The van der Waals surface area contributed by atoms with Gasteiger partial charge in [0, 0.05) is 6.07 Å². The smallest absolute Gasteiger partial charge is 0.295 e. The predicted octanol–water partition coefficient (Wildman–Crippen LogP) is 1.53. The Bertz CT molecular complexity index is 754. The maximum Gasteiger partial charge on any atom is 0.295 e. The highest BCUT2D eigenvalue weighted by Crippen LogP contribution is 2.34. The zero-order valence-corrected chi connectivity index (χ0v) is 12.1. The molecule has 0 saturated heterocycles. The zero-order valence-electron chi connectivity index (χ0n) is 11.3.